The lowest BCUT2D eigenvalue weighted by molar-refractivity contribution is -0.0167. The van der Waals surface area contributed by atoms with Crippen molar-refractivity contribution in [2.24, 2.45) is 0 Å². The molecule has 0 heterocycles. The van der Waals surface area contributed by atoms with Gasteiger partial charge in [-0.05, 0) is 12.1 Å². The molecule has 1 aromatic carbocycles. The number of para-hydroxylation sites is 2. The van der Waals surface area contributed by atoms with Crippen molar-refractivity contribution in [1.29, 1.82) is 0 Å². The van der Waals surface area contributed by atoms with Gasteiger partial charge < -0.3 is 38.9 Å². The van der Waals surface area contributed by atoms with E-state index in [2.05, 4.69) is 5.92 Å². The number of anilines is 1. The zero-order valence-corrected chi connectivity index (χ0v) is 17.0. The van der Waals surface area contributed by atoms with E-state index in [4.69, 9.17) is 45.3 Å². The van der Waals surface area contributed by atoms with Gasteiger partial charge in [0.15, 0.2) is 0 Å². The summed E-state index contributed by atoms with van der Waals surface area (Å²) < 4.78 is 37.6. The molecule has 0 atom stereocenters. The topological polar surface area (TPSA) is 90.6 Å². The van der Waals surface area contributed by atoms with Gasteiger partial charge in [0.25, 0.3) is 0 Å². The van der Waals surface area contributed by atoms with Crippen LogP contribution in [0, 0.1) is 12.3 Å². The SMILES string of the molecule is C#CCOCCOCCOCCOCCOCCOCCOc1ccccc1N. The Morgan fingerprint density at radius 2 is 1.03 bits per heavy atom. The molecule has 1 aromatic rings. The Labute approximate surface area is 173 Å². The van der Waals surface area contributed by atoms with E-state index in [1.54, 1.807) is 6.07 Å². The highest BCUT2D eigenvalue weighted by atomic mass is 16.6. The van der Waals surface area contributed by atoms with Crippen molar-refractivity contribution >= 4 is 5.69 Å². The fourth-order valence-corrected chi connectivity index (χ4v) is 2.05. The molecule has 0 unspecified atom stereocenters. The van der Waals surface area contributed by atoms with Gasteiger partial charge in [-0.2, -0.15) is 0 Å². The zero-order valence-electron chi connectivity index (χ0n) is 17.0. The first kappa shape index (κ1) is 25.2. The van der Waals surface area contributed by atoms with Gasteiger partial charge in [0, 0.05) is 0 Å². The average molecular weight is 411 g/mol. The van der Waals surface area contributed by atoms with Gasteiger partial charge in [-0.3, -0.25) is 0 Å². The molecule has 164 valence electrons. The third-order valence-electron chi connectivity index (χ3n) is 3.45. The van der Waals surface area contributed by atoms with Crippen LogP contribution in [0.4, 0.5) is 5.69 Å². The summed E-state index contributed by atoms with van der Waals surface area (Å²) >= 11 is 0. The molecule has 29 heavy (non-hydrogen) atoms. The molecule has 0 aromatic heterocycles. The number of hydrogen-bond acceptors (Lipinski definition) is 8. The highest BCUT2D eigenvalue weighted by molar-refractivity contribution is 5.51. The van der Waals surface area contributed by atoms with E-state index in [0.717, 1.165) is 0 Å². The Morgan fingerprint density at radius 3 is 1.48 bits per heavy atom. The summed E-state index contributed by atoms with van der Waals surface area (Å²) in [6.07, 6.45) is 5.06. The van der Waals surface area contributed by atoms with Gasteiger partial charge in [-0.15, -0.1) is 6.42 Å². The maximum absolute atomic E-state index is 5.79. The monoisotopic (exact) mass is 411 g/mol. The second kappa shape index (κ2) is 19.5. The minimum atomic E-state index is 0.313. The smallest absolute Gasteiger partial charge is 0.142 e. The molecule has 1 rings (SSSR count). The molecular weight excluding hydrogens is 378 g/mol. The lowest BCUT2D eigenvalue weighted by Crippen LogP contribution is -2.15. The van der Waals surface area contributed by atoms with Crippen molar-refractivity contribution in [2.75, 3.05) is 91.6 Å². The minimum absolute atomic E-state index is 0.313. The number of ether oxygens (including phenoxy) is 7. The number of rotatable bonds is 20. The summed E-state index contributed by atoms with van der Waals surface area (Å²) in [6.45, 7) is 6.37. The van der Waals surface area contributed by atoms with Crippen LogP contribution in [0.25, 0.3) is 0 Å². The van der Waals surface area contributed by atoms with Gasteiger partial charge in [0.05, 0.1) is 78.4 Å². The normalized spacial score (nSPS) is 10.7. The van der Waals surface area contributed by atoms with Gasteiger partial charge in [-0.25, -0.2) is 0 Å². The van der Waals surface area contributed by atoms with Crippen LogP contribution < -0.4 is 10.5 Å². The van der Waals surface area contributed by atoms with E-state index in [0.29, 0.717) is 97.3 Å². The summed E-state index contributed by atoms with van der Waals surface area (Å²) in [6, 6.07) is 7.37. The van der Waals surface area contributed by atoms with Crippen LogP contribution in [0.5, 0.6) is 5.75 Å². The van der Waals surface area contributed by atoms with Crippen LogP contribution >= 0.6 is 0 Å². The van der Waals surface area contributed by atoms with E-state index in [1.165, 1.54) is 0 Å². The van der Waals surface area contributed by atoms with Crippen molar-refractivity contribution in [3.05, 3.63) is 24.3 Å². The maximum atomic E-state index is 5.79. The summed E-state index contributed by atoms with van der Waals surface area (Å²) in [5.74, 6) is 3.06. The quantitative estimate of drug-likeness (QED) is 0.196. The van der Waals surface area contributed by atoms with Crippen LogP contribution in [0.15, 0.2) is 24.3 Å². The number of benzene rings is 1. The predicted octanol–water partition coefficient (Wildman–Crippen LogP) is 1.38. The minimum Gasteiger partial charge on any atom is -0.489 e. The van der Waals surface area contributed by atoms with Crippen LogP contribution in [-0.4, -0.2) is 85.9 Å². The average Bonchev–Trinajstić information content (AvgIpc) is 2.73. The molecule has 0 aliphatic carbocycles. The Bertz CT molecular complexity index is 536. The van der Waals surface area contributed by atoms with Crippen molar-refractivity contribution < 1.29 is 33.2 Å². The molecule has 8 heteroatoms. The highest BCUT2D eigenvalue weighted by Crippen LogP contribution is 2.19. The first-order chi connectivity index (χ1) is 14.3. The summed E-state index contributed by atoms with van der Waals surface area (Å²) in [7, 11) is 0. The largest absolute Gasteiger partial charge is 0.489 e. The van der Waals surface area contributed by atoms with Crippen molar-refractivity contribution in [3.8, 4) is 18.1 Å². The van der Waals surface area contributed by atoms with Crippen LogP contribution in [0.1, 0.15) is 0 Å². The number of nitrogen functional groups attached to an aromatic ring is 1. The van der Waals surface area contributed by atoms with Gasteiger partial charge >= 0.3 is 0 Å². The molecule has 0 bridgehead atoms. The Morgan fingerprint density at radius 1 is 0.621 bits per heavy atom. The fraction of sp³-hybridized carbons (Fsp3) is 0.619. The van der Waals surface area contributed by atoms with Gasteiger partial charge in [-0.1, -0.05) is 18.1 Å². The molecule has 0 saturated heterocycles. The number of hydrogen-bond donors (Lipinski definition) is 1. The molecule has 0 spiro atoms. The van der Waals surface area contributed by atoms with E-state index >= 15 is 0 Å². The van der Waals surface area contributed by atoms with Crippen molar-refractivity contribution in [1.82, 2.24) is 0 Å². The first-order valence-electron chi connectivity index (χ1n) is 9.72. The van der Waals surface area contributed by atoms with Crippen molar-refractivity contribution in [3.63, 3.8) is 0 Å². The van der Waals surface area contributed by atoms with Gasteiger partial charge in [0.1, 0.15) is 19.0 Å². The Balaban J connectivity index is 1.71. The molecule has 0 amide bonds. The molecular formula is C21H33NO7. The standard InChI is InChI=1S/C21H33NO7/c1-2-7-23-8-9-24-10-11-25-12-13-26-14-15-27-16-17-28-18-19-29-21-6-4-3-5-20(21)22/h1,3-6H,7-19,22H2. The Kier molecular flexibility index (Phi) is 16.9. The van der Waals surface area contributed by atoms with E-state index in [-0.39, 0.29) is 0 Å². The van der Waals surface area contributed by atoms with Crippen LogP contribution in [-0.2, 0) is 28.4 Å². The summed E-state index contributed by atoms with van der Waals surface area (Å²) in [4.78, 5) is 0. The zero-order chi connectivity index (χ0) is 20.8. The van der Waals surface area contributed by atoms with Crippen LogP contribution in [0.3, 0.4) is 0 Å². The summed E-state index contributed by atoms with van der Waals surface area (Å²) in [5.41, 5.74) is 6.41. The molecule has 2 N–H and O–H groups in total. The lowest BCUT2D eigenvalue weighted by Gasteiger charge is -2.09. The maximum Gasteiger partial charge on any atom is 0.142 e. The first-order valence-corrected chi connectivity index (χ1v) is 9.72. The second-order valence-corrected chi connectivity index (χ2v) is 5.70. The van der Waals surface area contributed by atoms with E-state index < -0.39 is 0 Å². The summed E-state index contributed by atoms with van der Waals surface area (Å²) in [5, 5.41) is 0. The number of nitrogens with two attached hydrogens (primary N) is 1. The van der Waals surface area contributed by atoms with Gasteiger partial charge in [0.2, 0.25) is 0 Å². The lowest BCUT2D eigenvalue weighted by atomic mass is 10.3. The third-order valence-corrected chi connectivity index (χ3v) is 3.45. The molecule has 8 nitrogen and oxygen atoms in total. The number of terminal acetylenes is 1. The molecule has 0 fully saturated rings. The molecule has 0 radical (unpaired) electrons. The van der Waals surface area contributed by atoms with E-state index in [1.807, 2.05) is 18.2 Å². The Hall–Kier alpha value is -1.86. The van der Waals surface area contributed by atoms with E-state index in [9.17, 15) is 0 Å². The highest BCUT2D eigenvalue weighted by Gasteiger charge is 1.98. The molecule has 0 aliphatic heterocycles. The second-order valence-electron chi connectivity index (χ2n) is 5.70. The molecule has 0 aliphatic rings. The van der Waals surface area contributed by atoms with Crippen LogP contribution in [0.2, 0.25) is 0 Å². The predicted molar refractivity (Wildman–Crippen MR) is 110 cm³/mol. The third kappa shape index (κ3) is 15.7. The van der Waals surface area contributed by atoms with Crippen molar-refractivity contribution in [2.45, 2.75) is 0 Å². The molecule has 0 saturated carbocycles. The fourth-order valence-electron chi connectivity index (χ4n) is 2.05.